The van der Waals surface area contributed by atoms with E-state index >= 15 is 0 Å². The van der Waals surface area contributed by atoms with Crippen LogP contribution >= 0.6 is 46.4 Å². The molecule has 1 saturated carbocycles. The van der Waals surface area contributed by atoms with E-state index < -0.39 is 0 Å². The number of hydrogen-bond donors (Lipinski definition) is 10. The molecule has 1 aromatic heterocycles. The molecule has 1 fully saturated rings. The number of terminal acetylenes is 5. The number of nitrogens with two attached hydrogens (primary N) is 4. The molecule has 4 atom stereocenters. The molecule has 702 valence electrons. The summed E-state index contributed by atoms with van der Waals surface area (Å²) in [5, 5.41) is 20.3. The number of likely N-dealkylation sites (N-methyl/N-ethyl adjacent to an activating group) is 1. The van der Waals surface area contributed by atoms with Gasteiger partial charge in [0.1, 0.15) is 28.9 Å². The summed E-state index contributed by atoms with van der Waals surface area (Å²) in [4.78, 5) is 42.2. The Morgan fingerprint density at radius 3 is 1.50 bits per heavy atom. The van der Waals surface area contributed by atoms with Crippen LogP contribution in [0, 0.1) is 67.5 Å². The minimum absolute atomic E-state index is 0.0626. The summed E-state index contributed by atoms with van der Waals surface area (Å²) < 4.78 is 42.1. The standard InChI is InChI=1S/C13H17N.2C12H13N.C12H15N.C11H13F2N.C11H13NO.C11H13N.C10H10Cl2FNO.C9H11ClN2O.C8H10ClN3O/c1-4-10-14(3)12(2)11-13-8-6-5-7-9-13;2*1-2-9-13-12-8-7-10-5-3-4-6-11(10)12;1-3-9-13-11(2)10-12-7-5-4-6-8-12;12-7-10(8-14)2-1-9-3-5-11(13)6-4-9;13-11(8-12-10-6-7-10)9-4-2-1-3-5-9;1-3-9-12(2)10-11-7-5-4-6-8-11;11-8-2-1-3-9(10(8)12)15-6-7(4-13)5-14;10-8-3-1-7(2-4-8)9(13)12-6-5-11;9-6-1-2-7(12-5-6)8(13)11-4-3-10/h1,5-9,12H,10-11H2,2-3H3;2*1,3-6,12-13H,7-9H2;1,4-8,11,13H,9-10H2,2H3;3-7H,1-2,8,14H2;1-5,10,12H,6-8H2;1,4-8H,9-10H2,2H3;1-4H,5-6,14H2;1-4H,5-6,11H2,(H,12,13);1-2,5H,3-4,10H2,(H,11,13)/b;;;;10-7+;;;7-4-;;/t2*12-;;11-;;;;;;/m11.1....../s1. The summed E-state index contributed by atoms with van der Waals surface area (Å²) in [7, 11) is 4.08. The van der Waals surface area contributed by atoms with E-state index in [0.717, 1.165) is 30.5 Å². The van der Waals surface area contributed by atoms with Gasteiger partial charge >= 0.3 is 0 Å². The Morgan fingerprint density at radius 1 is 0.519 bits per heavy atom. The minimum atomic E-state index is -0.256. The fourth-order valence-corrected chi connectivity index (χ4v) is 13.3. The number of hydrogen-bond acceptors (Lipinski definition) is 15. The molecule has 13 rings (SSSR count). The van der Waals surface area contributed by atoms with Crippen molar-refractivity contribution in [2.45, 2.75) is 115 Å². The van der Waals surface area contributed by atoms with E-state index in [-0.39, 0.29) is 43.1 Å². The summed E-state index contributed by atoms with van der Waals surface area (Å²) in [5.74, 6) is 13.1. The topological polar surface area (TPSA) is 256 Å². The zero-order chi connectivity index (χ0) is 97.0. The molecule has 2 amide bonds. The van der Waals surface area contributed by atoms with Gasteiger partial charge in [0.2, 0.25) is 0 Å². The highest BCUT2D eigenvalue weighted by Gasteiger charge is 2.23. The normalized spacial score (nSPS) is 13.1. The molecule has 133 heavy (non-hydrogen) atoms. The van der Waals surface area contributed by atoms with Gasteiger partial charge in [-0.3, -0.25) is 34.8 Å². The smallest absolute Gasteiger partial charge is 0.269 e. The number of pyridine rings is 1. The molecule has 24 heteroatoms. The van der Waals surface area contributed by atoms with Crippen molar-refractivity contribution in [3.63, 3.8) is 0 Å². The molecule has 0 aliphatic heterocycles. The molecular weight excluding hydrogens is 1750 g/mol. The zero-order valence-corrected chi connectivity index (χ0v) is 79.6. The van der Waals surface area contributed by atoms with Crippen LogP contribution in [0.1, 0.15) is 134 Å². The molecule has 14 N–H and O–H groups in total. The number of benzene rings is 9. The van der Waals surface area contributed by atoms with E-state index in [2.05, 4.69) is 206 Å². The monoisotopic (exact) mass is 1880 g/mol. The lowest BCUT2D eigenvalue weighted by Gasteiger charge is -2.22. The van der Waals surface area contributed by atoms with Crippen molar-refractivity contribution in [3.05, 3.63) is 366 Å². The van der Waals surface area contributed by atoms with Gasteiger partial charge in [0.05, 0.1) is 62.0 Å². The first-order chi connectivity index (χ1) is 64.5. The number of aromatic nitrogens is 1. The molecule has 0 spiro atoms. The van der Waals surface area contributed by atoms with Gasteiger partial charge in [0, 0.05) is 104 Å². The van der Waals surface area contributed by atoms with Crippen molar-refractivity contribution in [2.75, 3.05) is 99.2 Å². The minimum Gasteiger partial charge on any atom is -0.487 e. The lowest BCUT2D eigenvalue weighted by molar-refractivity contribution is 0.0943. The second-order valence-electron chi connectivity index (χ2n) is 30.8. The molecular formula is C109H128Cl4F3N13O4. The maximum atomic E-state index is 12.5. The summed E-state index contributed by atoms with van der Waals surface area (Å²) in [6, 6.07) is 81.4. The first-order valence-corrected chi connectivity index (χ1v) is 45.5. The van der Waals surface area contributed by atoms with Crippen molar-refractivity contribution in [3.8, 4) is 67.5 Å². The highest BCUT2D eigenvalue weighted by atomic mass is 35.5. The first kappa shape index (κ1) is 114. The summed E-state index contributed by atoms with van der Waals surface area (Å²) in [5.41, 5.74) is 34.5. The van der Waals surface area contributed by atoms with Crippen LogP contribution in [0.2, 0.25) is 20.1 Å². The third-order valence-electron chi connectivity index (χ3n) is 20.2. The largest absolute Gasteiger partial charge is 0.487 e. The van der Waals surface area contributed by atoms with Crippen LogP contribution < -0.4 is 59.6 Å². The molecule has 0 radical (unpaired) electrons. The van der Waals surface area contributed by atoms with Crippen molar-refractivity contribution in [2.24, 2.45) is 22.9 Å². The van der Waals surface area contributed by atoms with Crippen molar-refractivity contribution in [1.82, 2.24) is 46.7 Å². The van der Waals surface area contributed by atoms with Gasteiger partial charge < -0.3 is 48.9 Å². The molecule has 0 saturated heterocycles. The average molecular weight is 1880 g/mol. The molecule has 10 aromatic rings. The van der Waals surface area contributed by atoms with Crippen LogP contribution in [0.25, 0.3) is 0 Å². The predicted octanol–water partition coefficient (Wildman–Crippen LogP) is 18.4. The number of amides is 2. The fourth-order valence-electron chi connectivity index (χ4n) is 12.7. The fraction of sp³-hybridized carbons (Fsp3) is 0.303. The number of ketones is 1. The number of nitrogens with one attached hydrogen (secondary N) is 6. The Hall–Kier alpha value is -11.6. The molecule has 3 aliphatic carbocycles. The van der Waals surface area contributed by atoms with Crippen LogP contribution in [-0.4, -0.2) is 150 Å². The van der Waals surface area contributed by atoms with Crippen LogP contribution in [0.15, 0.2) is 279 Å². The molecule has 0 bridgehead atoms. The summed E-state index contributed by atoms with van der Waals surface area (Å²) in [6.45, 7) is 11.3. The van der Waals surface area contributed by atoms with Gasteiger partial charge in [-0.25, -0.2) is 18.2 Å². The molecule has 17 nitrogen and oxygen atoms in total. The van der Waals surface area contributed by atoms with E-state index in [1.54, 1.807) is 66.7 Å². The van der Waals surface area contributed by atoms with E-state index in [9.17, 15) is 27.6 Å². The second kappa shape index (κ2) is 70.1. The van der Waals surface area contributed by atoms with Crippen LogP contribution in [0.5, 0.6) is 5.75 Å². The van der Waals surface area contributed by atoms with E-state index in [0.29, 0.717) is 169 Å². The number of carbonyl (C=O) groups is 3. The number of ether oxygens (including phenoxy) is 1. The molecule has 1 heterocycles. The van der Waals surface area contributed by atoms with Crippen LogP contribution in [0.3, 0.4) is 0 Å². The van der Waals surface area contributed by atoms with Crippen molar-refractivity contribution >= 4 is 64.0 Å². The van der Waals surface area contributed by atoms with Gasteiger partial charge in [-0.15, -0.1) is 32.1 Å². The number of rotatable bonds is 33. The molecule has 3 aliphatic rings. The van der Waals surface area contributed by atoms with Gasteiger partial charge in [-0.2, -0.15) is 0 Å². The Morgan fingerprint density at radius 2 is 1.02 bits per heavy atom. The summed E-state index contributed by atoms with van der Waals surface area (Å²) >= 11 is 22.9. The number of halogens is 7. The number of carbonyl (C=O) groups excluding carboxylic acids is 3. The Labute approximate surface area is 808 Å². The highest BCUT2D eigenvalue weighted by molar-refractivity contribution is 6.43. The van der Waals surface area contributed by atoms with E-state index in [1.807, 2.05) is 67.7 Å². The van der Waals surface area contributed by atoms with Crippen LogP contribution in [0.4, 0.5) is 13.2 Å². The Balaban J connectivity index is 0.000000309. The van der Waals surface area contributed by atoms with Crippen molar-refractivity contribution < 1.29 is 32.3 Å². The second-order valence-corrected chi connectivity index (χ2v) is 32.4. The average Bonchev–Trinajstić information content (AvgIpc) is 1.70. The number of nitrogens with zero attached hydrogens (tertiary/aromatic N) is 3. The third-order valence-corrected chi connectivity index (χ3v) is 21.5. The lowest BCUT2D eigenvalue weighted by atomic mass is 10.1. The van der Waals surface area contributed by atoms with Gasteiger partial charge in [0.15, 0.2) is 5.78 Å². The maximum Gasteiger partial charge on any atom is 0.269 e. The lowest BCUT2D eigenvalue weighted by Crippen LogP contribution is -2.31. The van der Waals surface area contributed by atoms with Crippen LogP contribution in [-0.2, 0) is 38.6 Å². The Bertz CT molecular complexity index is 5070. The number of fused-ring (bicyclic) bond motifs is 2. The number of Topliss-reactive ketones (excluding diaryl/α,β-unsaturated/α-hetero) is 1. The zero-order valence-electron chi connectivity index (χ0n) is 76.6. The van der Waals surface area contributed by atoms with Gasteiger partial charge in [0.25, 0.3) is 11.8 Å². The number of aryl methyl sites for hydroxylation is 3. The van der Waals surface area contributed by atoms with Crippen molar-refractivity contribution in [1.29, 1.82) is 0 Å². The van der Waals surface area contributed by atoms with E-state index in [4.69, 9.17) is 106 Å². The molecule has 9 aromatic carbocycles. The SMILES string of the molecule is C#CCN(C)Cc1ccccc1.C#CCN(C)[C@H](C)Cc1ccccc1.C#CCNC1CCc2ccccc21.C#CCN[C@@H]1CCc2ccccc21.C#CCN[C@H](C)Cc1ccccc1.NC/C(=C/F)CCc1ccc(F)cc1.NC/C(=C/F)COc1cccc(Cl)c1Cl.NCCNC(=O)c1ccc(Cl)cc1.NCCNC(=O)c1ccc(Cl)cn1.O=C(CNC1CC1)c1ccccc1. The predicted molar refractivity (Wildman–Crippen MR) is 546 cm³/mol. The van der Waals surface area contributed by atoms with Gasteiger partial charge in [-0.05, 0) is 203 Å². The quantitative estimate of drug-likeness (QED) is 0.0136. The Kier molecular flexibility index (Phi) is 60.0. The highest BCUT2D eigenvalue weighted by Crippen LogP contribution is 2.33. The third kappa shape index (κ3) is 49.6. The molecule has 1 unspecified atom stereocenters. The van der Waals surface area contributed by atoms with Gasteiger partial charge in [-0.1, -0.05) is 264 Å². The van der Waals surface area contributed by atoms with E-state index in [1.165, 1.54) is 95.8 Å². The first-order valence-electron chi connectivity index (χ1n) is 44.0. The maximum absolute atomic E-state index is 12.5. The summed E-state index contributed by atoms with van der Waals surface area (Å²) in [6.07, 6.45) is 39.0.